The minimum atomic E-state index is -0.320. The van der Waals surface area contributed by atoms with Crippen LogP contribution in [0.5, 0.6) is 0 Å². The van der Waals surface area contributed by atoms with Gasteiger partial charge in [-0.1, -0.05) is 33.6 Å². The zero-order chi connectivity index (χ0) is 10.4. The van der Waals surface area contributed by atoms with E-state index in [1.165, 1.54) is 25.7 Å². The molecule has 14 heavy (non-hydrogen) atoms. The average molecular weight is 196 g/mol. The fourth-order valence-corrected chi connectivity index (χ4v) is 3.99. The van der Waals surface area contributed by atoms with E-state index in [1.54, 1.807) is 0 Å². The quantitative estimate of drug-likeness (QED) is 0.630. The molecule has 1 heteroatoms. The summed E-state index contributed by atoms with van der Waals surface area (Å²) in [5.41, 5.74) is 0.0482. The van der Waals surface area contributed by atoms with Crippen LogP contribution in [0.1, 0.15) is 59.3 Å². The van der Waals surface area contributed by atoms with Crippen LogP contribution in [0, 0.1) is 17.3 Å². The van der Waals surface area contributed by atoms with Gasteiger partial charge >= 0.3 is 0 Å². The second kappa shape index (κ2) is 3.23. The lowest BCUT2D eigenvalue weighted by molar-refractivity contribution is -0.136. The molecule has 0 amide bonds. The Morgan fingerprint density at radius 3 is 2.57 bits per heavy atom. The van der Waals surface area contributed by atoms with Gasteiger partial charge in [0.2, 0.25) is 0 Å². The Bertz CT molecular complexity index is 221. The van der Waals surface area contributed by atoms with Crippen molar-refractivity contribution in [1.29, 1.82) is 0 Å². The van der Waals surface area contributed by atoms with Crippen LogP contribution in [-0.2, 0) is 0 Å². The van der Waals surface area contributed by atoms with Crippen LogP contribution < -0.4 is 0 Å². The summed E-state index contributed by atoms with van der Waals surface area (Å²) in [4.78, 5) is 0. The van der Waals surface area contributed by atoms with Gasteiger partial charge in [0.1, 0.15) is 0 Å². The molecule has 82 valence electrons. The fourth-order valence-electron chi connectivity index (χ4n) is 3.99. The minimum absolute atomic E-state index is 0.320. The van der Waals surface area contributed by atoms with E-state index in [0.29, 0.717) is 11.3 Å². The Hall–Kier alpha value is -0.0400. The maximum Gasteiger partial charge on any atom is 0.0683 e. The summed E-state index contributed by atoms with van der Waals surface area (Å²) in [6, 6.07) is 0. The average Bonchev–Trinajstić information content (AvgIpc) is 2.00. The largest absolute Gasteiger partial charge is 0.390 e. The van der Waals surface area contributed by atoms with Crippen molar-refractivity contribution < 1.29 is 5.11 Å². The summed E-state index contributed by atoms with van der Waals surface area (Å²) in [6.07, 6.45) is 7.16. The Kier molecular flexibility index (Phi) is 2.42. The highest BCUT2D eigenvalue weighted by Gasteiger charge is 2.50. The van der Waals surface area contributed by atoms with E-state index >= 15 is 0 Å². The monoisotopic (exact) mass is 196 g/mol. The van der Waals surface area contributed by atoms with E-state index in [1.807, 2.05) is 0 Å². The number of hydrogen-bond donors (Lipinski definition) is 1. The van der Waals surface area contributed by atoms with Crippen molar-refractivity contribution in [2.45, 2.75) is 64.9 Å². The lowest BCUT2D eigenvalue weighted by Crippen LogP contribution is -2.52. The summed E-state index contributed by atoms with van der Waals surface area (Å²) in [7, 11) is 0. The minimum Gasteiger partial charge on any atom is -0.390 e. The lowest BCUT2D eigenvalue weighted by atomic mass is 9.55. The molecule has 0 unspecified atom stereocenters. The van der Waals surface area contributed by atoms with Crippen molar-refractivity contribution in [2.24, 2.45) is 17.3 Å². The van der Waals surface area contributed by atoms with E-state index < -0.39 is 0 Å². The Balaban J connectivity index is 2.21. The van der Waals surface area contributed by atoms with Gasteiger partial charge in [-0.05, 0) is 42.9 Å². The first kappa shape index (κ1) is 10.5. The molecule has 0 bridgehead atoms. The molecule has 2 aliphatic rings. The number of hydrogen-bond acceptors (Lipinski definition) is 1. The highest BCUT2D eigenvalue weighted by atomic mass is 16.3. The molecule has 0 aliphatic heterocycles. The van der Waals surface area contributed by atoms with Gasteiger partial charge in [-0.2, -0.15) is 0 Å². The molecular weight excluding hydrogens is 172 g/mol. The van der Waals surface area contributed by atoms with Crippen molar-refractivity contribution in [3.63, 3.8) is 0 Å². The molecule has 0 radical (unpaired) electrons. The zero-order valence-corrected chi connectivity index (χ0v) is 9.84. The first-order valence-electron chi connectivity index (χ1n) is 6.16. The summed E-state index contributed by atoms with van der Waals surface area (Å²) in [5, 5.41) is 10.7. The van der Waals surface area contributed by atoms with Crippen LogP contribution in [0.4, 0.5) is 0 Å². The molecule has 2 fully saturated rings. The zero-order valence-electron chi connectivity index (χ0n) is 9.84. The second-order valence-corrected chi connectivity index (χ2v) is 6.38. The molecule has 0 spiro atoms. The van der Waals surface area contributed by atoms with E-state index in [2.05, 4.69) is 20.8 Å². The molecule has 0 saturated heterocycles. The van der Waals surface area contributed by atoms with Crippen LogP contribution in [0.25, 0.3) is 0 Å². The van der Waals surface area contributed by atoms with Gasteiger partial charge in [-0.15, -0.1) is 0 Å². The molecular formula is C13H24O. The highest BCUT2D eigenvalue weighted by molar-refractivity contribution is 5.01. The SMILES string of the molecule is C[C@@H]1CC[C@H]2C(C)(C)CCC[C@]2(O)C1. The van der Waals surface area contributed by atoms with Gasteiger partial charge < -0.3 is 5.11 Å². The molecule has 0 heterocycles. The van der Waals surface area contributed by atoms with Crippen molar-refractivity contribution in [1.82, 2.24) is 0 Å². The summed E-state index contributed by atoms with van der Waals surface area (Å²) in [5.74, 6) is 1.28. The predicted octanol–water partition coefficient (Wildman–Crippen LogP) is 3.36. The second-order valence-electron chi connectivity index (χ2n) is 6.38. The van der Waals surface area contributed by atoms with Crippen LogP contribution in [-0.4, -0.2) is 10.7 Å². The van der Waals surface area contributed by atoms with Crippen molar-refractivity contribution >= 4 is 0 Å². The van der Waals surface area contributed by atoms with Crippen LogP contribution in [0.3, 0.4) is 0 Å². The summed E-state index contributed by atoms with van der Waals surface area (Å²) in [6.45, 7) is 6.98. The van der Waals surface area contributed by atoms with Crippen LogP contribution in [0.15, 0.2) is 0 Å². The van der Waals surface area contributed by atoms with Gasteiger partial charge in [0.15, 0.2) is 0 Å². The lowest BCUT2D eigenvalue weighted by Gasteiger charge is -2.53. The predicted molar refractivity (Wildman–Crippen MR) is 59.1 cm³/mol. The molecule has 0 aromatic carbocycles. The smallest absolute Gasteiger partial charge is 0.0683 e. The van der Waals surface area contributed by atoms with Crippen molar-refractivity contribution in [2.75, 3.05) is 0 Å². The first-order chi connectivity index (χ1) is 6.44. The summed E-state index contributed by atoms with van der Waals surface area (Å²) < 4.78 is 0. The van der Waals surface area contributed by atoms with E-state index in [9.17, 15) is 5.11 Å². The topological polar surface area (TPSA) is 20.2 Å². The van der Waals surface area contributed by atoms with Gasteiger partial charge in [0.05, 0.1) is 5.60 Å². The molecule has 1 N–H and O–H groups in total. The third kappa shape index (κ3) is 1.60. The van der Waals surface area contributed by atoms with Crippen molar-refractivity contribution in [3.8, 4) is 0 Å². The van der Waals surface area contributed by atoms with Gasteiger partial charge in [-0.25, -0.2) is 0 Å². The van der Waals surface area contributed by atoms with E-state index in [0.717, 1.165) is 18.8 Å². The van der Waals surface area contributed by atoms with Gasteiger partial charge in [0, 0.05) is 0 Å². The van der Waals surface area contributed by atoms with Crippen LogP contribution in [0.2, 0.25) is 0 Å². The maximum atomic E-state index is 10.7. The molecule has 0 aromatic heterocycles. The normalized spacial score (nSPS) is 47.1. The molecule has 2 aliphatic carbocycles. The number of fused-ring (bicyclic) bond motifs is 1. The Labute approximate surface area is 87.9 Å². The number of aliphatic hydroxyl groups is 1. The number of rotatable bonds is 0. The first-order valence-corrected chi connectivity index (χ1v) is 6.16. The van der Waals surface area contributed by atoms with Crippen LogP contribution >= 0.6 is 0 Å². The molecule has 3 atom stereocenters. The third-order valence-electron chi connectivity index (χ3n) is 4.67. The molecule has 1 nitrogen and oxygen atoms in total. The van der Waals surface area contributed by atoms with E-state index in [-0.39, 0.29) is 5.60 Å². The fraction of sp³-hybridized carbons (Fsp3) is 1.00. The maximum absolute atomic E-state index is 10.7. The third-order valence-corrected chi connectivity index (χ3v) is 4.67. The highest BCUT2D eigenvalue weighted by Crippen LogP contribution is 2.53. The van der Waals surface area contributed by atoms with Crippen molar-refractivity contribution in [3.05, 3.63) is 0 Å². The molecule has 2 saturated carbocycles. The Morgan fingerprint density at radius 2 is 1.86 bits per heavy atom. The standard InChI is InChI=1S/C13H24O/c1-10-5-6-11-12(2,3)7-4-8-13(11,14)9-10/h10-11,14H,4-9H2,1-3H3/t10-,11+,13+/m1/s1. The van der Waals surface area contributed by atoms with Gasteiger partial charge in [0.25, 0.3) is 0 Å². The molecule has 2 rings (SSSR count). The summed E-state index contributed by atoms with van der Waals surface area (Å²) >= 11 is 0. The molecule has 0 aromatic rings. The Morgan fingerprint density at radius 1 is 1.14 bits per heavy atom. The van der Waals surface area contributed by atoms with Gasteiger partial charge in [-0.3, -0.25) is 0 Å². The van der Waals surface area contributed by atoms with E-state index in [4.69, 9.17) is 0 Å².